The number of rotatable bonds is 10. The summed E-state index contributed by atoms with van der Waals surface area (Å²) >= 11 is 0. The maximum absolute atomic E-state index is 2.61. The first-order valence-electron chi connectivity index (χ1n) is 15.7. The van der Waals surface area contributed by atoms with Crippen LogP contribution < -0.4 is 15.6 Å². The van der Waals surface area contributed by atoms with Crippen LogP contribution in [0.5, 0.6) is 0 Å². The Morgan fingerprint density at radius 1 is 0.475 bits per heavy atom. The molecule has 4 aromatic rings. The minimum atomic E-state index is -2.61. The summed E-state index contributed by atoms with van der Waals surface area (Å²) in [4.78, 5) is 0. The Kier molecular flexibility index (Phi) is 8.61. The third-order valence-electron chi connectivity index (χ3n) is 9.24. The van der Waals surface area contributed by atoms with Crippen LogP contribution in [0.1, 0.15) is 91.6 Å². The Balaban J connectivity index is 2.00. The quantitative estimate of drug-likeness (QED) is 0.141. The van der Waals surface area contributed by atoms with Crippen LogP contribution in [0.3, 0.4) is 0 Å². The van der Waals surface area contributed by atoms with Crippen molar-refractivity contribution in [3.8, 4) is 0 Å². The fraction of sp³-hybridized carbons (Fsp3) is 0.333. The van der Waals surface area contributed by atoms with Gasteiger partial charge in [-0.1, -0.05) is 133 Å². The Morgan fingerprint density at radius 2 is 0.825 bits per heavy atom. The molecule has 1 atom stereocenters. The van der Waals surface area contributed by atoms with E-state index < -0.39 is 8.07 Å². The van der Waals surface area contributed by atoms with Gasteiger partial charge in [0.25, 0.3) is 0 Å². The van der Waals surface area contributed by atoms with Crippen LogP contribution in [0.15, 0.2) is 84.9 Å². The molecule has 5 rings (SSSR count). The molecule has 0 aliphatic heterocycles. The highest BCUT2D eigenvalue weighted by Crippen LogP contribution is 2.38. The van der Waals surface area contributed by atoms with Crippen LogP contribution in [0.4, 0.5) is 0 Å². The number of hydrogen-bond acceptors (Lipinski definition) is 0. The molecule has 0 saturated carbocycles. The Bertz CT molecular complexity index is 1320. The molecule has 1 aliphatic carbocycles. The standard InChI is InChI=1S/C39H46Si/c1-7-28-19-29(8-2)23-35(22-28)40(36-24-30(9-3)20-31(10-4)25-36,37-26-32(11-5)21-33(12-6)27-37)39-18-17-34-15-13-14-16-38(34)39/h13-27,39H,7-12H2,1-6H3. The number of fused-ring (bicyclic) bond motifs is 1. The van der Waals surface area contributed by atoms with Crippen molar-refractivity contribution in [1.82, 2.24) is 0 Å². The van der Waals surface area contributed by atoms with E-state index in [0.717, 1.165) is 38.5 Å². The molecular formula is C39H46Si. The lowest BCUT2D eigenvalue weighted by atomic mass is 10.1. The Labute approximate surface area is 244 Å². The molecule has 4 aromatic carbocycles. The first kappa shape index (κ1) is 28.4. The second kappa shape index (κ2) is 12.1. The van der Waals surface area contributed by atoms with E-state index in [1.54, 1.807) is 15.6 Å². The van der Waals surface area contributed by atoms with Gasteiger partial charge in [0.05, 0.1) is 0 Å². The molecule has 0 saturated heterocycles. The van der Waals surface area contributed by atoms with E-state index in [2.05, 4.69) is 133 Å². The van der Waals surface area contributed by atoms with Crippen molar-refractivity contribution in [2.45, 2.75) is 85.6 Å². The molecule has 0 aromatic heterocycles. The van der Waals surface area contributed by atoms with Crippen LogP contribution >= 0.6 is 0 Å². The van der Waals surface area contributed by atoms with Crippen molar-refractivity contribution in [2.24, 2.45) is 0 Å². The SMILES string of the molecule is CCc1cc(CC)cc([Si](c2cc(CC)cc(CC)c2)(c2cc(CC)cc(CC)c2)C2C=Cc3ccccc32)c1. The first-order valence-corrected chi connectivity index (χ1v) is 17.7. The predicted octanol–water partition coefficient (Wildman–Crippen LogP) is 7.88. The lowest BCUT2D eigenvalue weighted by Crippen LogP contribution is -2.71. The predicted molar refractivity (Wildman–Crippen MR) is 178 cm³/mol. The zero-order chi connectivity index (χ0) is 28.3. The Morgan fingerprint density at radius 3 is 1.18 bits per heavy atom. The van der Waals surface area contributed by atoms with Gasteiger partial charge in [-0.05, 0) is 98.6 Å². The van der Waals surface area contributed by atoms with E-state index in [0.29, 0.717) is 5.54 Å². The highest BCUT2D eigenvalue weighted by molar-refractivity contribution is 7.12. The lowest BCUT2D eigenvalue weighted by molar-refractivity contribution is 1.08. The van der Waals surface area contributed by atoms with Crippen LogP contribution in [-0.2, 0) is 38.5 Å². The molecule has 0 amide bonds. The van der Waals surface area contributed by atoms with Crippen molar-refractivity contribution in [1.29, 1.82) is 0 Å². The maximum atomic E-state index is 2.59. The van der Waals surface area contributed by atoms with Gasteiger partial charge in [0.2, 0.25) is 0 Å². The van der Waals surface area contributed by atoms with Crippen molar-refractivity contribution >= 4 is 29.7 Å². The molecule has 0 heterocycles. The topological polar surface area (TPSA) is 0 Å². The summed E-state index contributed by atoms with van der Waals surface area (Å²) in [5, 5.41) is 4.71. The summed E-state index contributed by atoms with van der Waals surface area (Å²) in [7, 11) is -2.61. The van der Waals surface area contributed by atoms with Gasteiger partial charge in [0.15, 0.2) is 8.07 Å². The summed E-state index contributed by atoms with van der Waals surface area (Å²) < 4.78 is 0. The van der Waals surface area contributed by atoms with Gasteiger partial charge < -0.3 is 0 Å². The molecule has 0 N–H and O–H groups in total. The van der Waals surface area contributed by atoms with Gasteiger partial charge in [-0.25, -0.2) is 0 Å². The smallest absolute Gasteiger partial charge is 0.0781 e. The number of aryl methyl sites for hydroxylation is 6. The van der Waals surface area contributed by atoms with Gasteiger partial charge in [-0.15, -0.1) is 0 Å². The highest BCUT2D eigenvalue weighted by atomic mass is 28.3. The highest BCUT2D eigenvalue weighted by Gasteiger charge is 2.48. The van der Waals surface area contributed by atoms with Crippen LogP contribution in [-0.4, -0.2) is 8.07 Å². The van der Waals surface area contributed by atoms with Crippen molar-refractivity contribution in [3.63, 3.8) is 0 Å². The second-order valence-corrected chi connectivity index (χ2v) is 15.5. The normalized spacial score (nSPS) is 14.5. The van der Waals surface area contributed by atoms with E-state index >= 15 is 0 Å². The summed E-state index contributed by atoms with van der Waals surface area (Å²) in [6.45, 7) is 13.9. The lowest BCUT2D eigenvalue weighted by Gasteiger charge is -2.40. The number of allylic oxidation sites excluding steroid dienone is 1. The van der Waals surface area contributed by atoms with Crippen LogP contribution in [0.2, 0.25) is 0 Å². The van der Waals surface area contributed by atoms with Crippen LogP contribution in [0.25, 0.3) is 6.08 Å². The number of benzene rings is 4. The Hall–Kier alpha value is -3.16. The van der Waals surface area contributed by atoms with Crippen molar-refractivity contribution in [2.75, 3.05) is 0 Å². The summed E-state index contributed by atoms with van der Waals surface area (Å²) in [5.74, 6) is 0. The largest absolute Gasteiger partial charge is 0.159 e. The number of hydrogen-bond donors (Lipinski definition) is 0. The van der Waals surface area contributed by atoms with Gasteiger partial charge in [-0.3, -0.25) is 0 Å². The fourth-order valence-corrected chi connectivity index (χ4v) is 12.5. The molecular weight excluding hydrogens is 497 g/mol. The van der Waals surface area contributed by atoms with Crippen LogP contribution in [0, 0.1) is 0 Å². The van der Waals surface area contributed by atoms with E-state index in [1.165, 1.54) is 44.5 Å². The van der Waals surface area contributed by atoms with Gasteiger partial charge in [-0.2, -0.15) is 0 Å². The van der Waals surface area contributed by atoms with Crippen molar-refractivity contribution in [3.05, 3.63) is 129 Å². The van der Waals surface area contributed by atoms with Crippen molar-refractivity contribution < 1.29 is 0 Å². The maximum Gasteiger partial charge on any atom is 0.159 e. The second-order valence-electron chi connectivity index (χ2n) is 11.5. The molecule has 0 spiro atoms. The molecule has 1 aliphatic rings. The molecule has 0 bridgehead atoms. The monoisotopic (exact) mass is 542 g/mol. The van der Waals surface area contributed by atoms with Gasteiger partial charge in [0, 0.05) is 5.54 Å². The first-order chi connectivity index (χ1) is 19.5. The zero-order valence-corrected chi connectivity index (χ0v) is 26.5. The van der Waals surface area contributed by atoms with E-state index in [4.69, 9.17) is 0 Å². The van der Waals surface area contributed by atoms with E-state index in [1.807, 2.05) is 0 Å². The molecule has 40 heavy (non-hydrogen) atoms. The zero-order valence-electron chi connectivity index (χ0n) is 25.5. The average Bonchev–Trinajstić information content (AvgIpc) is 3.45. The van der Waals surface area contributed by atoms with E-state index in [9.17, 15) is 0 Å². The van der Waals surface area contributed by atoms with E-state index in [-0.39, 0.29) is 0 Å². The summed E-state index contributed by atoms with van der Waals surface area (Å²) in [5.41, 5.74) is 12.0. The third kappa shape index (κ3) is 5.05. The average molecular weight is 543 g/mol. The van der Waals surface area contributed by atoms with Gasteiger partial charge in [0.1, 0.15) is 0 Å². The molecule has 206 valence electrons. The van der Waals surface area contributed by atoms with Gasteiger partial charge >= 0.3 is 0 Å². The molecule has 0 fully saturated rings. The molecule has 0 radical (unpaired) electrons. The molecule has 1 heteroatoms. The summed E-state index contributed by atoms with van der Waals surface area (Å²) in [6.07, 6.45) is 11.3. The minimum absolute atomic E-state index is 0.342. The summed E-state index contributed by atoms with van der Waals surface area (Å²) in [6, 6.07) is 32.0. The molecule has 1 unspecified atom stereocenters. The fourth-order valence-electron chi connectivity index (χ4n) is 6.86. The molecule has 0 nitrogen and oxygen atoms in total. The third-order valence-corrected chi connectivity index (χ3v) is 14.3. The minimum Gasteiger partial charge on any atom is -0.0781 e.